The van der Waals surface area contributed by atoms with Crippen LogP contribution in [0.25, 0.3) is 0 Å². The van der Waals surface area contributed by atoms with E-state index in [4.69, 9.17) is 30.3 Å². The van der Waals surface area contributed by atoms with E-state index >= 15 is 0 Å². The van der Waals surface area contributed by atoms with Gasteiger partial charge in [0.25, 0.3) is 0 Å². The largest absolute Gasteiger partial charge is 0.508 e. The molecule has 2 aromatic carbocycles. The minimum absolute atomic E-state index is 0.137. The number of methoxy groups -OCH3 is 1. The zero-order valence-corrected chi connectivity index (χ0v) is 17.6. The molecule has 0 bridgehead atoms. The molecule has 0 atom stereocenters. The summed E-state index contributed by atoms with van der Waals surface area (Å²) in [5.74, 6) is -0.448. The van der Waals surface area contributed by atoms with Crippen LogP contribution in [0.3, 0.4) is 0 Å². The van der Waals surface area contributed by atoms with E-state index in [9.17, 15) is 9.59 Å². The minimum atomic E-state index is -0.954. The van der Waals surface area contributed by atoms with Crippen LogP contribution in [-0.2, 0) is 9.47 Å². The van der Waals surface area contributed by atoms with Gasteiger partial charge in [-0.2, -0.15) is 0 Å². The van der Waals surface area contributed by atoms with Gasteiger partial charge in [-0.05, 0) is 55.0 Å². The molecule has 0 fully saturated rings. The Morgan fingerprint density at radius 1 is 0.839 bits per heavy atom. The van der Waals surface area contributed by atoms with E-state index < -0.39 is 12.1 Å². The van der Waals surface area contributed by atoms with Gasteiger partial charge in [0.05, 0.1) is 38.1 Å². The molecular weight excluding hydrogens is 408 g/mol. The molecule has 0 spiro atoms. The Morgan fingerprint density at radius 3 is 1.58 bits per heavy atom. The van der Waals surface area contributed by atoms with Gasteiger partial charge < -0.3 is 35.0 Å². The molecule has 0 amide bonds. The number of phenols is 2. The highest BCUT2D eigenvalue weighted by atomic mass is 16.5. The third kappa shape index (κ3) is 12.9. The number of esters is 2. The molecule has 2 rings (SSSR count). The highest BCUT2D eigenvalue weighted by molar-refractivity contribution is 5.89. The molecule has 0 aliphatic carbocycles. The summed E-state index contributed by atoms with van der Waals surface area (Å²) in [6.45, 7) is 1.76. The zero-order valence-electron chi connectivity index (χ0n) is 17.6. The first-order valence-electron chi connectivity index (χ1n) is 9.52. The van der Waals surface area contributed by atoms with E-state index in [-0.39, 0.29) is 30.7 Å². The minimum Gasteiger partial charge on any atom is -0.508 e. The molecule has 0 saturated heterocycles. The SMILES string of the molecule is CCCCOC(=O)c1ccc(O)cc1.COC(=O)c1ccc(O)cc1.OCC(O)CO. The van der Waals surface area contributed by atoms with Gasteiger partial charge >= 0.3 is 11.9 Å². The second-order valence-corrected chi connectivity index (χ2v) is 6.09. The van der Waals surface area contributed by atoms with Crippen LogP contribution in [0.5, 0.6) is 11.5 Å². The molecule has 0 aliphatic rings. The first kappa shape index (κ1) is 27.9. The second kappa shape index (κ2) is 16.6. The van der Waals surface area contributed by atoms with Crippen molar-refractivity contribution >= 4 is 11.9 Å². The normalized spacial score (nSPS) is 9.61. The van der Waals surface area contributed by atoms with Crippen molar-refractivity contribution in [3.8, 4) is 11.5 Å². The lowest BCUT2D eigenvalue weighted by Gasteiger charge is -2.03. The number of aliphatic hydroxyl groups is 3. The lowest BCUT2D eigenvalue weighted by atomic mass is 10.2. The Kier molecular flexibility index (Phi) is 15.0. The number of phenolic OH excluding ortho intramolecular Hbond substituents is 2. The first-order valence-corrected chi connectivity index (χ1v) is 9.52. The van der Waals surface area contributed by atoms with E-state index in [0.29, 0.717) is 17.7 Å². The smallest absolute Gasteiger partial charge is 0.338 e. The van der Waals surface area contributed by atoms with E-state index in [2.05, 4.69) is 4.74 Å². The molecule has 172 valence electrons. The fraction of sp³-hybridized carbons (Fsp3) is 0.364. The molecule has 0 radical (unpaired) electrons. The van der Waals surface area contributed by atoms with Gasteiger partial charge in [0, 0.05) is 0 Å². The zero-order chi connectivity index (χ0) is 23.6. The van der Waals surface area contributed by atoms with Crippen LogP contribution in [0.15, 0.2) is 48.5 Å². The Balaban J connectivity index is 0.000000472. The molecule has 2 aromatic rings. The van der Waals surface area contributed by atoms with Crippen molar-refractivity contribution < 1.29 is 44.6 Å². The number of rotatable bonds is 7. The molecule has 0 unspecified atom stereocenters. The topological polar surface area (TPSA) is 154 Å². The van der Waals surface area contributed by atoms with Gasteiger partial charge in [-0.25, -0.2) is 9.59 Å². The molecule has 0 aliphatic heterocycles. The van der Waals surface area contributed by atoms with Gasteiger partial charge in [-0.1, -0.05) is 13.3 Å². The number of aromatic hydroxyl groups is 2. The van der Waals surface area contributed by atoms with E-state index in [1.54, 1.807) is 12.1 Å². The van der Waals surface area contributed by atoms with Crippen molar-refractivity contribution in [2.75, 3.05) is 26.9 Å². The quantitative estimate of drug-likeness (QED) is 0.322. The summed E-state index contributed by atoms with van der Waals surface area (Å²) < 4.78 is 9.44. The van der Waals surface area contributed by atoms with Crippen molar-refractivity contribution in [1.82, 2.24) is 0 Å². The van der Waals surface area contributed by atoms with Crippen LogP contribution in [0.1, 0.15) is 40.5 Å². The molecule has 9 heteroatoms. The van der Waals surface area contributed by atoms with Crippen molar-refractivity contribution in [1.29, 1.82) is 0 Å². The number of hydrogen-bond donors (Lipinski definition) is 5. The fourth-order valence-corrected chi connectivity index (χ4v) is 1.76. The maximum atomic E-state index is 11.3. The highest BCUT2D eigenvalue weighted by Gasteiger charge is 2.05. The Labute approximate surface area is 181 Å². The van der Waals surface area contributed by atoms with Crippen molar-refractivity contribution in [3.05, 3.63) is 59.7 Å². The summed E-state index contributed by atoms with van der Waals surface area (Å²) in [5, 5.41) is 41.9. The van der Waals surface area contributed by atoms with Crippen LogP contribution in [0.4, 0.5) is 0 Å². The summed E-state index contributed by atoms with van der Waals surface area (Å²) in [5.41, 5.74) is 0.907. The van der Waals surface area contributed by atoms with Gasteiger partial charge in [-0.3, -0.25) is 0 Å². The fourth-order valence-electron chi connectivity index (χ4n) is 1.76. The van der Waals surface area contributed by atoms with E-state index in [1.165, 1.54) is 43.5 Å². The van der Waals surface area contributed by atoms with Crippen LogP contribution < -0.4 is 0 Å². The molecule has 5 N–H and O–H groups in total. The van der Waals surface area contributed by atoms with Gasteiger partial charge in [0.1, 0.15) is 17.6 Å². The van der Waals surface area contributed by atoms with Crippen molar-refractivity contribution in [2.24, 2.45) is 0 Å². The predicted octanol–water partition coefficient (Wildman–Crippen LogP) is 1.86. The number of hydrogen-bond acceptors (Lipinski definition) is 9. The standard InChI is InChI=1S/C11H14O3.C8H8O3.C3H8O3/c1-2-3-8-14-11(13)9-4-6-10(12)7-5-9;1-11-8(10)6-2-4-7(9)5-3-6;4-1-3(6)2-5/h4-7,12H,2-3,8H2,1H3;2-5,9H,1H3;3-6H,1-2H2. The Hall–Kier alpha value is -3.14. The van der Waals surface area contributed by atoms with Crippen molar-refractivity contribution in [3.63, 3.8) is 0 Å². The number of carbonyl (C=O) groups is 2. The lowest BCUT2D eigenvalue weighted by Crippen LogP contribution is -2.15. The monoisotopic (exact) mass is 438 g/mol. The number of carbonyl (C=O) groups excluding carboxylic acids is 2. The highest BCUT2D eigenvalue weighted by Crippen LogP contribution is 2.11. The Morgan fingerprint density at radius 2 is 1.26 bits per heavy atom. The van der Waals surface area contributed by atoms with Gasteiger partial charge in [-0.15, -0.1) is 0 Å². The summed E-state index contributed by atoms with van der Waals surface area (Å²) in [7, 11) is 1.31. The summed E-state index contributed by atoms with van der Waals surface area (Å²) >= 11 is 0. The number of aliphatic hydroxyl groups excluding tert-OH is 3. The third-order valence-corrected chi connectivity index (χ3v) is 3.54. The Bertz CT molecular complexity index is 739. The average Bonchev–Trinajstić information content (AvgIpc) is 2.80. The van der Waals surface area contributed by atoms with Gasteiger partial charge in [0.2, 0.25) is 0 Å². The molecular formula is C22H30O9. The maximum absolute atomic E-state index is 11.3. The lowest BCUT2D eigenvalue weighted by molar-refractivity contribution is 0.0450. The van der Waals surface area contributed by atoms with E-state index in [0.717, 1.165) is 12.8 Å². The third-order valence-electron chi connectivity index (χ3n) is 3.54. The summed E-state index contributed by atoms with van der Waals surface area (Å²) in [4.78, 5) is 22.1. The maximum Gasteiger partial charge on any atom is 0.338 e. The number of unbranched alkanes of at least 4 members (excludes halogenated alkanes) is 1. The molecule has 0 saturated carbocycles. The number of ether oxygens (including phenoxy) is 2. The average molecular weight is 438 g/mol. The summed E-state index contributed by atoms with van der Waals surface area (Å²) in [6, 6.07) is 11.9. The molecule has 9 nitrogen and oxygen atoms in total. The summed E-state index contributed by atoms with van der Waals surface area (Å²) in [6.07, 6.45) is 0.928. The van der Waals surface area contributed by atoms with Crippen LogP contribution in [0.2, 0.25) is 0 Å². The van der Waals surface area contributed by atoms with Crippen LogP contribution >= 0.6 is 0 Å². The van der Waals surface area contributed by atoms with E-state index in [1.807, 2.05) is 6.92 Å². The predicted molar refractivity (Wildman–Crippen MR) is 113 cm³/mol. The molecule has 0 aromatic heterocycles. The number of benzene rings is 2. The molecule has 31 heavy (non-hydrogen) atoms. The van der Waals surface area contributed by atoms with Crippen LogP contribution in [-0.4, -0.2) is 70.5 Å². The van der Waals surface area contributed by atoms with Crippen LogP contribution in [0, 0.1) is 0 Å². The first-order chi connectivity index (χ1) is 14.8. The molecule has 0 heterocycles. The van der Waals surface area contributed by atoms with Crippen molar-refractivity contribution in [2.45, 2.75) is 25.9 Å². The second-order valence-electron chi connectivity index (χ2n) is 6.09. The van der Waals surface area contributed by atoms with Gasteiger partial charge in [0.15, 0.2) is 0 Å².